The summed E-state index contributed by atoms with van der Waals surface area (Å²) in [6.07, 6.45) is 0. The fraction of sp³-hybridized carbons (Fsp3) is 0.176. The van der Waals surface area contributed by atoms with E-state index >= 15 is 0 Å². The Bertz CT molecular complexity index is 751. The standard InChI is InChI=1S/C17H15ClFNO4/c1-23-15-7-6-12(18)8-11(15)10-24-16(21)9-20-17(22)13-4-2-3-5-14(13)19/h2-8H,9-10H2,1H3,(H,20,22). The van der Waals surface area contributed by atoms with Gasteiger partial charge in [-0.1, -0.05) is 23.7 Å². The quantitative estimate of drug-likeness (QED) is 0.813. The molecule has 0 aliphatic heterocycles. The van der Waals surface area contributed by atoms with Gasteiger partial charge in [-0.2, -0.15) is 0 Å². The van der Waals surface area contributed by atoms with Crippen LogP contribution >= 0.6 is 11.6 Å². The Hall–Kier alpha value is -2.60. The van der Waals surface area contributed by atoms with Crippen molar-refractivity contribution in [3.05, 3.63) is 64.4 Å². The highest BCUT2D eigenvalue weighted by Crippen LogP contribution is 2.23. The lowest BCUT2D eigenvalue weighted by Crippen LogP contribution is -2.31. The van der Waals surface area contributed by atoms with Gasteiger partial charge in [0.15, 0.2) is 0 Å². The molecule has 0 unspecified atom stereocenters. The van der Waals surface area contributed by atoms with E-state index in [1.807, 2.05) is 0 Å². The average Bonchev–Trinajstić information content (AvgIpc) is 2.58. The number of nitrogens with one attached hydrogen (secondary N) is 1. The Morgan fingerprint density at radius 2 is 1.96 bits per heavy atom. The first-order valence-electron chi connectivity index (χ1n) is 7.02. The average molecular weight is 352 g/mol. The molecule has 0 aromatic heterocycles. The molecule has 2 rings (SSSR count). The van der Waals surface area contributed by atoms with Crippen LogP contribution in [0.4, 0.5) is 4.39 Å². The van der Waals surface area contributed by atoms with Gasteiger partial charge in [0.05, 0.1) is 12.7 Å². The van der Waals surface area contributed by atoms with E-state index in [9.17, 15) is 14.0 Å². The van der Waals surface area contributed by atoms with Crippen molar-refractivity contribution in [2.75, 3.05) is 13.7 Å². The summed E-state index contributed by atoms with van der Waals surface area (Å²) in [4.78, 5) is 23.5. The van der Waals surface area contributed by atoms with Crippen LogP contribution in [0.3, 0.4) is 0 Å². The van der Waals surface area contributed by atoms with Gasteiger partial charge in [0.1, 0.15) is 24.7 Å². The molecule has 0 aliphatic rings. The molecule has 24 heavy (non-hydrogen) atoms. The van der Waals surface area contributed by atoms with Crippen LogP contribution in [0.1, 0.15) is 15.9 Å². The summed E-state index contributed by atoms with van der Waals surface area (Å²) in [5.74, 6) is -1.48. The number of halogens is 2. The molecule has 0 saturated heterocycles. The minimum atomic E-state index is -0.689. The Kier molecular flexibility index (Phi) is 6.14. The van der Waals surface area contributed by atoms with Gasteiger partial charge in [0, 0.05) is 10.6 Å². The molecule has 5 nitrogen and oxygen atoms in total. The lowest BCUT2D eigenvalue weighted by atomic mass is 10.2. The van der Waals surface area contributed by atoms with Crippen molar-refractivity contribution in [3.63, 3.8) is 0 Å². The van der Waals surface area contributed by atoms with Crippen LogP contribution in [-0.4, -0.2) is 25.5 Å². The third-order valence-electron chi connectivity index (χ3n) is 3.14. The second kappa shape index (κ2) is 8.31. The van der Waals surface area contributed by atoms with Crippen LogP contribution < -0.4 is 10.1 Å². The zero-order valence-electron chi connectivity index (χ0n) is 12.8. The summed E-state index contributed by atoms with van der Waals surface area (Å²) >= 11 is 5.89. The second-order valence-electron chi connectivity index (χ2n) is 4.78. The number of ether oxygens (including phenoxy) is 2. The predicted molar refractivity (Wildman–Crippen MR) is 86.5 cm³/mol. The van der Waals surface area contributed by atoms with Crippen molar-refractivity contribution < 1.29 is 23.5 Å². The van der Waals surface area contributed by atoms with Gasteiger partial charge in [-0.3, -0.25) is 9.59 Å². The van der Waals surface area contributed by atoms with E-state index in [1.54, 1.807) is 18.2 Å². The molecule has 2 aromatic rings. The van der Waals surface area contributed by atoms with Gasteiger partial charge in [0.2, 0.25) is 0 Å². The molecular formula is C17H15ClFNO4. The van der Waals surface area contributed by atoms with Gasteiger partial charge < -0.3 is 14.8 Å². The number of carbonyl (C=O) groups is 2. The first-order valence-corrected chi connectivity index (χ1v) is 7.40. The summed E-state index contributed by atoms with van der Waals surface area (Å²) in [7, 11) is 1.49. The number of methoxy groups -OCH3 is 1. The zero-order chi connectivity index (χ0) is 17.5. The molecule has 0 fully saturated rings. The molecule has 126 valence electrons. The maximum Gasteiger partial charge on any atom is 0.325 e. The summed E-state index contributed by atoms with van der Waals surface area (Å²) in [6.45, 7) is -0.436. The van der Waals surface area contributed by atoms with Crippen LogP contribution in [0, 0.1) is 5.82 Å². The number of carbonyl (C=O) groups excluding carboxylic acids is 2. The lowest BCUT2D eigenvalue weighted by molar-refractivity contribution is -0.143. The highest BCUT2D eigenvalue weighted by atomic mass is 35.5. The van der Waals surface area contributed by atoms with Crippen LogP contribution in [0.5, 0.6) is 5.75 Å². The first kappa shape index (κ1) is 17.7. The monoisotopic (exact) mass is 351 g/mol. The number of esters is 1. The Labute approximate surface area is 143 Å². The van der Waals surface area contributed by atoms with Crippen molar-refractivity contribution in [2.24, 2.45) is 0 Å². The number of rotatable bonds is 6. The molecule has 0 spiro atoms. The molecule has 7 heteroatoms. The van der Waals surface area contributed by atoms with Gasteiger partial charge >= 0.3 is 5.97 Å². The molecule has 2 aromatic carbocycles. The lowest BCUT2D eigenvalue weighted by Gasteiger charge is -2.10. The fourth-order valence-electron chi connectivity index (χ4n) is 1.96. The fourth-order valence-corrected chi connectivity index (χ4v) is 2.16. The summed E-state index contributed by atoms with van der Waals surface area (Å²) in [5, 5.41) is 2.79. The van der Waals surface area contributed by atoms with Gasteiger partial charge in [-0.25, -0.2) is 4.39 Å². The molecule has 0 atom stereocenters. The van der Waals surface area contributed by atoms with E-state index < -0.39 is 17.7 Å². The zero-order valence-corrected chi connectivity index (χ0v) is 13.6. The number of amides is 1. The Balaban J connectivity index is 1.87. The SMILES string of the molecule is COc1ccc(Cl)cc1COC(=O)CNC(=O)c1ccccc1F. The highest BCUT2D eigenvalue weighted by molar-refractivity contribution is 6.30. The molecule has 1 amide bonds. The van der Waals surface area contributed by atoms with Gasteiger partial charge in [-0.05, 0) is 30.3 Å². The normalized spacial score (nSPS) is 10.1. The van der Waals surface area contributed by atoms with E-state index in [0.717, 1.165) is 0 Å². The molecule has 0 heterocycles. The summed E-state index contributed by atoms with van der Waals surface area (Å²) < 4.78 is 23.6. The predicted octanol–water partition coefficient (Wildman–Crippen LogP) is 2.96. The van der Waals surface area contributed by atoms with Crippen molar-refractivity contribution in [1.82, 2.24) is 5.32 Å². The van der Waals surface area contributed by atoms with Crippen LogP contribution in [-0.2, 0) is 16.1 Å². The molecule has 0 aliphatic carbocycles. The van der Waals surface area contributed by atoms with E-state index in [0.29, 0.717) is 16.3 Å². The second-order valence-corrected chi connectivity index (χ2v) is 5.22. The molecule has 0 bridgehead atoms. The number of benzene rings is 2. The minimum Gasteiger partial charge on any atom is -0.496 e. The first-order chi connectivity index (χ1) is 11.5. The largest absolute Gasteiger partial charge is 0.496 e. The molecule has 0 radical (unpaired) electrons. The number of hydrogen-bond acceptors (Lipinski definition) is 4. The van der Waals surface area contributed by atoms with Gasteiger partial charge in [-0.15, -0.1) is 0 Å². The minimum absolute atomic E-state index is 0.0574. The van der Waals surface area contributed by atoms with E-state index in [-0.39, 0.29) is 18.7 Å². The van der Waals surface area contributed by atoms with E-state index in [4.69, 9.17) is 21.1 Å². The van der Waals surface area contributed by atoms with Crippen molar-refractivity contribution in [3.8, 4) is 5.75 Å². The molecule has 1 N–H and O–H groups in total. The van der Waals surface area contributed by atoms with Crippen molar-refractivity contribution in [1.29, 1.82) is 0 Å². The van der Waals surface area contributed by atoms with E-state index in [1.165, 1.54) is 31.4 Å². The summed E-state index contributed by atoms with van der Waals surface area (Å²) in [5.41, 5.74) is 0.459. The van der Waals surface area contributed by atoms with Gasteiger partial charge in [0.25, 0.3) is 5.91 Å². The Morgan fingerprint density at radius 1 is 1.21 bits per heavy atom. The van der Waals surface area contributed by atoms with E-state index in [2.05, 4.69) is 5.32 Å². The van der Waals surface area contributed by atoms with Crippen LogP contribution in [0.2, 0.25) is 5.02 Å². The van der Waals surface area contributed by atoms with Crippen molar-refractivity contribution in [2.45, 2.75) is 6.61 Å². The molecular weight excluding hydrogens is 337 g/mol. The smallest absolute Gasteiger partial charge is 0.325 e. The summed E-state index contributed by atoms with van der Waals surface area (Å²) in [6, 6.07) is 10.4. The number of hydrogen-bond donors (Lipinski definition) is 1. The van der Waals surface area contributed by atoms with Crippen LogP contribution in [0.15, 0.2) is 42.5 Å². The molecule has 0 saturated carbocycles. The Morgan fingerprint density at radius 3 is 2.67 bits per heavy atom. The van der Waals surface area contributed by atoms with Crippen molar-refractivity contribution >= 4 is 23.5 Å². The topological polar surface area (TPSA) is 64.6 Å². The third-order valence-corrected chi connectivity index (χ3v) is 3.38. The maximum absolute atomic E-state index is 13.5. The third kappa shape index (κ3) is 4.70. The maximum atomic E-state index is 13.5. The van der Waals surface area contributed by atoms with Crippen LogP contribution in [0.25, 0.3) is 0 Å². The highest BCUT2D eigenvalue weighted by Gasteiger charge is 2.13.